The Hall–Kier alpha value is -3.10. The number of rotatable bonds is 6. The van der Waals surface area contributed by atoms with Crippen molar-refractivity contribution >= 4 is 46.7 Å². The maximum absolute atomic E-state index is 13.0. The summed E-state index contributed by atoms with van der Waals surface area (Å²) in [5, 5.41) is 7.59. The molecule has 5 rings (SSSR count). The Morgan fingerprint density at radius 2 is 1.97 bits per heavy atom. The zero-order valence-corrected chi connectivity index (χ0v) is 21.0. The number of nitrogens with one attached hydrogen (secondary N) is 3. The van der Waals surface area contributed by atoms with E-state index in [1.807, 2.05) is 30.3 Å². The third-order valence-corrected chi connectivity index (χ3v) is 7.59. The molecule has 3 N–H and O–H groups in total. The number of nitrogens with zero attached hydrogens (tertiary/aromatic N) is 2. The molecule has 3 aromatic rings. The summed E-state index contributed by atoms with van der Waals surface area (Å²) in [6.07, 6.45) is 7.46. The lowest BCUT2D eigenvalue weighted by molar-refractivity contribution is 0.0982. The molecule has 1 fully saturated rings. The van der Waals surface area contributed by atoms with E-state index in [4.69, 9.17) is 11.6 Å². The number of carbonyl (C=O) groups excluding carboxylic acids is 2. The van der Waals surface area contributed by atoms with Crippen LogP contribution in [-0.2, 0) is 6.42 Å². The number of halogens is 1. The quantitative estimate of drug-likeness (QED) is 0.373. The van der Waals surface area contributed by atoms with Crippen molar-refractivity contribution in [3.63, 3.8) is 0 Å². The fourth-order valence-electron chi connectivity index (χ4n) is 4.40. The average molecular weight is 508 g/mol. The van der Waals surface area contributed by atoms with Crippen LogP contribution in [-0.4, -0.2) is 27.0 Å². The van der Waals surface area contributed by atoms with E-state index in [-0.39, 0.29) is 29.0 Å². The van der Waals surface area contributed by atoms with Crippen molar-refractivity contribution in [1.29, 1.82) is 0 Å². The van der Waals surface area contributed by atoms with Crippen LogP contribution in [0.25, 0.3) is 0 Å². The van der Waals surface area contributed by atoms with Crippen LogP contribution in [0, 0.1) is 5.41 Å². The molecule has 0 saturated heterocycles. The monoisotopic (exact) mass is 507 g/mol. The number of aromatic nitrogens is 2. The van der Waals surface area contributed by atoms with E-state index < -0.39 is 0 Å². The molecule has 7 nitrogen and oxygen atoms in total. The van der Waals surface area contributed by atoms with E-state index in [9.17, 15) is 9.59 Å². The van der Waals surface area contributed by atoms with E-state index in [1.165, 1.54) is 30.5 Å². The van der Waals surface area contributed by atoms with Crippen molar-refractivity contribution < 1.29 is 9.59 Å². The molecule has 0 bridgehead atoms. The Morgan fingerprint density at radius 1 is 1.14 bits per heavy atom. The summed E-state index contributed by atoms with van der Waals surface area (Å²) in [5.74, 6) is -0.463. The molecule has 1 saturated carbocycles. The number of carbonyl (C=O) groups is 2. The van der Waals surface area contributed by atoms with E-state index in [2.05, 4.69) is 39.2 Å². The largest absolute Gasteiger partial charge is 0.377 e. The molecule has 1 unspecified atom stereocenters. The third-order valence-electron chi connectivity index (χ3n) is 6.26. The number of amides is 2. The molecule has 9 heteroatoms. The van der Waals surface area contributed by atoms with Gasteiger partial charge in [0.2, 0.25) is 0 Å². The van der Waals surface area contributed by atoms with Crippen LogP contribution in [0.3, 0.4) is 0 Å². The predicted molar refractivity (Wildman–Crippen MR) is 140 cm³/mol. The fraction of sp³-hybridized carbons (Fsp3) is 0.308. The lowest BCUT2D eigenvalue weighted by Crippen LogP contribution is -2.36. The van der Waals surface area contributed by atoms with Gasteiger partial charge in [-0.2, -0.15) is 0 Å². The SMILES string of the molecule is CC1(C)Cc2cc(Cl)cc(C(=O)NSC3CC3)c2NC1c1cccc(NC(=O)c2cnccn2)c1. The number of fused-ring (bicyclic) bond motifs is 1. The van der Waals surface area contributed by atoms with E-state index in [0.717, 1.165) is 36.1 Å². The minimum absolute atomic E-state index is 0.0906. The van der Waals surface area contributed by atoms with Gasteiger partial charge in [0.15, 0.2) is 0 Å². The van der Waals surface area contributed by atoms with E-state index in [1.54, 1.807) is 6.07 Å². The van der Waals surface area contributed by atoms with Crippen molar-refractivity contribution in [2.75, 3.05) is 10.6 Å². The summed E-state index contributed by atoms with van der Waals surface area (Å²) in [5.41, 5.74) is 4.12. The fourth-order valence-corrected chi connectivity index (χ4v) is 5.40. The van der Waals surface area contributed by atoms with Crippen LogP contribution in [0.15, 0.2) is 55.0 Å². The molecule has 1 aliphatic heterocycles. The summed E-state index contributed by atoms with van der Waals surface area (Å²) in [6, 6.07) is 11.3. The molecule has 1 atom stereocenters. The first-order chi connectivity index (χ1) is 16.8. The van der Waals surface area contributed by atoms with E-state index >= 15 is 0 Å². The molecule has 2 aromatic carbocycles. The Morgan fingerprint density at radius 3 is 2.71 bits per heavy atom. The van der Waals surface area contributed by atoms with Crippen molar-refractivity contribution in [2.45, 2.75) is 44.4 Å². The Bertz CT molecular complexity index is 1280. The topological polar surface area (TPSA) is 96.0 Å². The molecule has 0 radical (unpaired) electrons. The molecular formula is C26H26ClN5O2S. The van der Waals surface area contributed by atoms with Crippen LogP contribution in [0.2, 0.25) is 5.02 Å². The summed E-state index contributed by atoms with van der Waals surface area (Å²) in [4.78, 5) is 33.6. The smallest absolute Gasteiger partial charge is 0.275 e. The lowest BCUT2D eigenvalue weighted by atomic mass is 9.72. The highest BCUT2D eigenvalue weighted by atomic mass is 35.5. The molecule has 1 aromatic heterocycles. The molecule has 1 aliphatic carbocycles. The zero-order valence-electron chi connectivity index (χ0n) is 19.5. The second-order valence-electron chi connectivity index (χ2n) is 9.65. The van der Waals surface area contributed by atoms with Gasteiger partial charge in [0.1, 0.15) is 5.69 Å². The van der Waals surface area contributed by atoms with Gasteiger partial charge in [0.25, 0.3) is 11.8 Å². The van der Waals surface area contributed by atoms with Gasteiger partial charge in [0.05, 0.1) is 23.5 Å². The third kappa shape index (κ3) is 5.28. The summed E-state index contributed by atoms with van der Waals surface area (Å²) >= 11 is 7.89. The maximum atomic E-state index is 13.0. The maximum Gasteiger partial charge on any atom is 0.275 e. The van der Waals surface area contributed by atoms with Crippen LogP contribution < -0.4 is 15.4 Å². The first-order valence-corrected chi connectivity index (χ1v) is 12.8. The van der Waals surface area contributed by atoms with Gasteiger partial charge in [0, 0.05) is 28.4 Å². The Kier molecular flexibility index (Phi) is 6.42. The number of benzene rings is 2. The second-order valence-corrected chi connectivity index (χ2v) is 11.2. The predicted octanol–water partition coefficient (Wildman–Crippen LogP) is 5.66. The Balaban J connectivity index is 1.42. The van der Waals surface area contributed by atoms with E-state index in [0.29, 0.717) is 21.5 Å². The van der Waals surface area contributed by atoms with Crippen molar-refractivity contribution in [3.8, 4) is 0 Å². The first-order valence-electron chi connectivity index (χ1n) is 11.5. The van der Waals surface area contributed by atoms with Gasteiger partial charge in [-0.05, 0) is 72.0 Å². The van der Waals surface area contributed by atoms with Gasteiger partial charge in [-0.15, -0.1) is 0 Å². The van der Waals surface area contributed by atoms with Crippen LogP contribution in [0.5, 0.6) is 0 Å². The van der Waals surface area contributed by atoms with Crippen LogP contribution in [0.4, 0.5) is 11.4 Å². The minimum atomic E-state index is -0.321. The second kappa shape index (κ2) is 9.51. The molecule has 180 valence electrons. The highest BCUT2D eigenvalue weighted by Gasteiger charge is 2.38. The van der Waals surface area contributed by atoms with Gasteiger partial charge in [-0.1, -0.05) is 37.6 Å². The normalized spacial score (nSPS) is 18.2. The zero-order chi connectivity index (χ0) is 24.6. The minimum Gasteiger partial charge on any atom is -0.377 e. The number of hydrogen-bond acceptors (Lipinski definition) is 6. The van der Waals surface area contributed by atoms with Crippen LogP contribution >= 0.6 is 23.5 Å². The van der Waals surface area contributed by atoms with Gasteiger partial charge < -0.3 is 10.6 Å². The molecule has 2 amide bonds. The molecule has 35 heavy (non-hydrogen) atoms. The molecule has 2 aliphatic rings. The standard InChI is InChI=1S/C26H26ClN5O2S/c1-26(2)13-16-10-17(27)12-20(24(33)32-35-19-6-7-19)22(16)31-23(26)15-4-3-5-18(11-15)30-25(34)21-14-28-8-9-29-21/h3-5,8-12,14,19,23,31H,6-7,13H2,1-2H3,(H,30,34)(H,32,33). The van der Waals surface area contributed by atoms with Crippen LogP contribution in [0.1, 0.15) is 64.7 Å². The highest BCUT2D eigenvalue weighted by Crippen LogP contribution is 2.47. The summed E-state index contributed by atoms with van der Waals surface area (Å²) in [7, 11) is 0. The summed E-state index contributed by atoms with van der Waals surface area (Å²) < 4.78 is 2.98. The highest BCUT2D eigenvalue weighted by molar-refractivity contribution is 7.98. The Labute approximate surface area is 213 Å². The van der Waals surface area contributed by atoms with Crippen molar-refractivity contribution in [3.05, 3.63) is 82.4 Å². The molecular weight excluding hydrogens is 482 g/mol. The lowest BCUT2D eigenvalue weighted by Gasteiger charge is -2.42. The summed E-state index contributed by atoms with van der Waals surface area (Å²) in [6.45, 7) is 4.37. The number of hydrogen-bond donors (Lipinski definition) is 3. The molecule has 2 heterocycles. The number of anilines is 2. The van der Waals surface area contributed by atoms with Gasteiger partial charge >= 0.3 is 0 Å². The average Bonchev–Trinajstić information content (AvgIpc) is 3.66. The van der Waals surface area contributed by atoms with Crippen molar-refractivity contribution in [2.24, 2.45) is 5.41 Å². The van der Waals surface area contributed by atoms with Crippen molar-refractivity contribution in [1.82, 2.24) is 14.7 Å². The molecule has 0 spiro atoms. The van der Waals surface area contributed by atoms with Gasteiger partial charge in [-0.25, -0.2) is 4.98 Å². The van der Waals surface area contributed by atoms with Gasteiger partial charge in [-0.3, -0.25) is 19.3 Å². The first kappa shape index (κ1) is 23.6.